The molecule has 3 aromatic rings. The number of carbonyl (C=O) groups excluding carboxylic acids is 2. The fourth-order valence-corrected chi connectivity index (χ4v) is 4.99. The molecule has 2 aliphatic rings. The molecule has 0 saturated heterocycles. The van der Waals surface area contributed by atoms with Crippen molar-refractivity contribution in [2.24, 2.45) is 0 Å². The Kier molecular flexibility index (Phi) is 7.00. The SMILES string of the molecule is CNC(=O)OCc1nc(N(C)C(C)C)cc2c1CN(c1cccc(-c3nnc4n3C(C)CCCC4)n1)C2=O. The molecule has 2 amide bonds. The third kappa shape index (κ3) is 4.68. The van der Waals surface area contributed by atoms with Crippen molar-refractivity contribution in [1.29, 1.82) is 0 Å². The van der Waals surface area contributed by atoms with E-state index in [0.29, 0.717) is 28.6 Å². The van der Waals surface area contributed by atoms with E-state index < -0.39 is 6.09 Å². The summed E-state index contributed by atoms with van der Waals surface area (Å²) in [7, 11) is 3.43. The number of pyridine rings is 2. The number of nitrogens with zero attached hydrogens (tertiary/aromatic N) is 7. The highest BCUT2D eigenvalue weighted by Crippen LogP contribution is 2.34. The fourth-order valence-electron chi connectivity index (χ4n) is 4.99. The Morgan fingerprint density at radius 1 is 1.24 bits per heavy atom. The van der Waals surface area contributed by atoms with Gasteiger partial charge in [0.25, 0.3) is 5.91 Å². The van der Waals surface area contributed by atoms with Gasteiger partial charge < -0.3 is 19.5 Å². The van der Waals surface area contributed by atoms with Crippen molar-refractivity contribution in [2.45, 2.75) is 71.7 Å². The number of amides is 2. The lowest BCUT2D eigenvalue weighted by molar-refractivity contribution is 0.0996. The molecule has 0 aromatic carbocycles. The lowest BCUT2D eigenvalue weighted by atomic mass is 10.1. The van der Waals surface area contributed by atoms with Gasteiger partial charge in [0.05, 0.1) is 17.8 Å². The van der Waals surface area contributed by atoms with Gasteiger partial charge >= 0.3 is 6.09 Å². The molecule has 0 saturated carbocycles. The minimum atomic E-state index is -0.555. The molecule has 0 spiro atoms. The molecule has 38 heavy (non-hydrogen) atoms. The van der Waals surface area contributed by atoms with Gasteiger partial charge in [-0.1, -0.05) is 12.5 Å². The molecule has 0 fully saturated rings. The van der Waals surface area contributed by atoms with Crippen LogP contribution in [0.1, 0.15) is 73.5 Å². The van der Waals surface area contributed by atoms with Crippen LogP contribution in [0, 0.1) is 0 Å². The summed E-state index contributed by atoms with van der Waals surface area (Å²) in [4.78, 5) is 38.7. The largest absolute Gasteiger partial charge is 0.443 e. The van der Waals surface area contributed by atoms with Crippen LogP contribution in [0.5, 0.6) is 0 Å². The van der Waals surface area contributed by atoms with E-state index in [-0.39, 0.29) is 31.1 Å². The van der Waals surface area contributed by atoms with Crippen molar-refractivity contribution in [3.8, 4) is 11.5 Å². The van der Waals surface area contributed by atoms with Gasteiger partial charge in [-0.2, -0.15) is 0 Å². The van der Waals surface area contributed by atoms with E-state index in [2.05, 4.69) is 27.0 Å². The number of carbonyl (C=O) groups is 2. The Labute approximate surface area is 222 Å². The zero-order valence-electron chi connectivity index (χ0n) is 22.6. The number of aromatic nitrogens is 5. The summed E-state index contributed by atoms with van der Waals surface area (Å²) in [6, 6.07) is 7.89. The molecule has 0 bridgehead atoms. The van der Waals surface area contributed by atoms with Crippen LogP contribution in [0.3, 0.4) is 0 Å². The van der Waals surface area contributed by atoms with Crippen molar-refractivity contribution in [2.75, 3.05) is 23.9 Å². The second kappa shape index (κ2) is 10.4. The van der Waals surface area contributed by atoms with Crippen LogP contribution in [0.25, 0.3) is 11.5 Å². The minimum Gasteiger partial charge on any atom is -0.443 e. The van der Waals surface area contributed by atoms with Crippen LogP contribution in [-0.4, -0.2) is 56.9 Å². The molecule has 2 aliphatic heterocycles. The molecule has 3 aromatic heterocycles. The summed E-state index contributed by atoms with van der Waals surface area (Å²) in [5, 5.41) is 11.4. The van der Waals surface area contributed by atoms with Crippen molar-refractivity contribution in [1.82, 2.24) is 30.0 Å². The Balaban J connectivity index is 1.50. The summed E-state index contributed by atoms with van der Waals surface area (Å²) >= 11 is 0. The van der Waals surface area contributed by atoms with Crippen LogP contribution >= 0.6 is 0 Å². The Morgan fingerprint density at radius 2 is 2.05 bits per heavy atom. The molecule has 0 radical (unpaired) electrons. The first-order chi connectivity index (χ1) is 18.3. The van der Waals surface area contributed by atoms with Crippen molar-refractivity contribution < 1.29 is 14.3 Å². The van der Waals surface area contributed by atoms with Crippen LogP contribution in [0.15, 0.2) is 24.3 Å². The van der Waals surface area contributed by atoms with E-state index in [1.165, 1.54) is 7.05 Å². The fraction of sp³-hybridized carbons (Fsp3) is 0.481. The van der Waals surface area contributed by atoms with Crippen molar-refractivity contribution in [3.63, 3.8) is 0 Å². The number of rotatable bonds is 6. The highest BCUT2D eigenvalue weighted by Gasteiger charge is 2.34. The highest BCUT2D eigenvalue weighted by molar-refractivity contribution is 6.10. The number of hydrogen-bond acceptors (Lipinski definition) is 8. The van der Waals surface area contributed by atoms with Crippen LogP contribution < -0.4 is 15.1 Å². The molecule has 1 unspecified atom stereocenters. The third-order valence-corrected chi connectivity index (χ3v) is 7.39. The van der Waals surface area contributed by atoms with Crippen molar-refractivity contribution >= 4 is 23.6 Å². The minimum absolute atomic E-state index is 0.0415. The van der Waals surface area contributed by atoms with Crippen molar-refractivity contribution in [3.05, 3.63) is 46.9 Å². The van der Waals surface area contributed by atoms with E-state index in [4.69, 9.17) is 14.7 Å². The van der Waals surface area contributed by atoms with Crippen LogP contribution in [-0.2, 0) is 24.3 Å². The second-order valence-corrected chi connectivity index (χ2v) is 10.2. The molecule has 0 aliphatic carbocycles. The maximum absolute atomic E-state index is 13.7. The van der Waals surface area contributed by atoms with Crippen LogP contribution in [0.2, 0.25) is 0 Å². The molecule has 5 rings (SSSR count). The smallest absolute Gasteiger partial charge is 0.407 e. The number of hydrogen-bond donors (Lipinski definition) is 1. The normalized spacial score (nSPS) is 16.7. The quantitative estimate of drug-likeness (QED) is 0.522. The Hall–Kier alpha value is -4.02. The molecule has 1 atom stereocenters. The Morgan fingerprint density at radius 3 is 2.82 bits per heavy atom. The van der Waals surface area contributed by atoms with Gasteiger partial charge in [0, 0.05) is 38.2 Å². The van der Waals surface area contributed by atoms with E-state index in [1.807, 2.05) is 50.1 Å². The van der Waals surface area contributed by atoms with Gasteiger partial charge in [-0.25, -0.2) is 14.8 Å². The van der Waals surface area contributed by atoms with Gasteiger partial charge in [-0.3, -0.25) is 9.69 Å². The predicted octanol–water partition coefficient (Wildman–Crippen LogP) is 3.88. The lowest BCUT2D eigenvalue weighted by Crippen LogP contribution is -2.27. The predicted molar refractivity (Wildman–Crippen MR) is 143 cm³/mol. The van der Waals surface area contributed by atoms with E-state index in [1.54, 1.807) is 4.90 Å². The monoisotopic (exact) mass is 518 g/mol. The summed E-state index contributed by atoms with van der Waals surface area (Å²) in [5.41, 5.74) is 2.50. The van der Waals surface area contributed by atoms with Gasteiger partial charge in [0.2, 0.25) is 0 Å². The maximum atomic E-state index is 13.7. The maximum Gasteiger partial charge on any atom is 0.407 e. The highest BCUT2D eigenvalue weighted by atomic mass is 16.5. The first kappa shape index (κ1) is 25.6. The van der Waals surface area contributed by atoms with Gasteiger partial charge in [0.15, 0.2) is 5.82 Å². The summed E-state index contributed by atoms with van der Waals surface area (Å²) in [5.74, 6) is 2.71. The number of alkyl carbamates (subject to hydrolysis) is 1. The van der Waals surface area contributed by atoms with Gasteiger partial charge in [-0.05, 0) is 51.8 Å². The number of anilines is 2. The van der Waals surface area contributed by atoms with Gasteiger partial charge in [-0.15, -0.1) is 10.2 Å². The van der Waals surface area contributed by atoms with E-state index in [0.717, 1.165) is 42.9 Å². The van der Waals surface area contributed by atoms with E-state index >= 15 is 0 Å². The number of ether oxygens (including phenoxy) is 1. The number of nitrogens with one attached hydrogen (secondary N) is 1. The summed E-state index contributed by atoms with van der Waals surface area (Å²) in [6.45, 7) is 6.52. The Bertz CT molecular complexity index is 1370. The number of fused-ring (bicyclic) bond motifs is 2. The molecule has 5 heterocycles. The number of aryl methyl sites for hydroxylation is 1. The zero-order chi connectivity index (χ0) is 27.0. The first-order valence-corrected chi connectivity index (χ1v) is 13.1. The van der Waals surface area contributed by atoms with Gasteiger partial charge in [0.1, 0.15) is 29.8 Å². The summed E-state index contributed by atoms with van der Waals surface area (Å²) < 4.78 is 7.51. The average molecular weight is 519 g/mol. The second-order valence-electron chi connectivity index (χ2n) is 10.2. The zero-order valence-corrected chi connectivity index (χ0v) is 22.6. The standard InChI is InChI=1S/C27H34N8O3/c1-16(2)33(5)24-13-18-19(21(30-24)15-38-27(37)28-4)14-34(26(18)36)22-12-8-10-20(29-22)25-32-31-23-11-7-6-9-17(3)35(23)25/h8,10,12-13,16-17H,6-7,9,11,14-15H2,1-5H3,(H,28,37). The first-order valence-electron chi connectivity index (χ1n) is 13.1. The molecule has 11 nitrogen and oxygen atoms in total. The molecular formula is C27H34N8O3. The lowest BCUT2D eigenvalue weighted by Gasteiger charge is -2.23. The summed E-state index contributed by atoms with van der Waals surface area (Å²) in [6.07, 6.45) is 3.67. The molecule has 200 valence electrons. The molecule has 1 N–H and O–H groups in total. The average Bonchev–Trinajstić information content (AvgIpc) is 3.44. The van der Waals surface area contributed by atoms with Crippen LogP contribution in [0.4, 0.5) is 16.4 Å². The molecule has 11 heteroatoms. The van der Waals surface area contributed by atoms with E-state index in [9.17, 15) is 9.59 Å². The molecular weight excluding hydrogens is 484 g/mol. The third-order valence-electron chi connectivity index (χ3n) is 7.39. The topological polar surface area (TPSA) is 118 Å².